The lowest BCUT2D eigenvalue weighted by Gasteiger charge is -2.07. The average Bonchev–Trinajstić information content (AvgIpc) is 2.21. The largest absolute Gasteiger partial charge is 0.550 e. The number of carboxylic acids is 1. The van der Waals surface area contributed by atoms with E-state index >= 15 is 0 Å². The molecule has 0 aliphatic heterocycles. The molecule has 0 aromatic heterocycles. The number of nitrogens with one attached hydrogen (secondary N) is 1. The molecule has 0 unspecified atom stereocenters. The summed E-state index contributed by atoms with van der Waals surface area (Å²) in [6.45, 7) is 3.93. The molecule has 0 spiro atoms. The molecule has 1 aromatic carbocycles. The number of carboxylic acid groups (broad SMARTS) is 1. The molecule has 0 saturated heterocycles. The quantitative estimate of drug-likeness (QED) is 0.814. The van der Waals surface area contributed by atoms with Crippen molar-refractivity contribution in [3.63, 3.8) is 0 Å². The van der Waals surface area contributed by atoms with Crippen LogP contribution in [-0.2, 0) is 9.59 Å². The highest BCUT2D eigenvalue weighted by molar-refractivity contribution is 5.92. The summed E-state index contributed by atoms with van der Waals surface area (Å²) < 4.78 is 0. The minimum absolute atomic E-state index is 0.0603. The third-order valence-electron chi connectivity index (χ3n) is 2.35. The molecule has 16 heavy (non-hydrogen) atoms. The van der Waals surface area contributed by atoms with Gasteiger partial charge in [0.05, 0.1) is 0 Å². The normalized spacial score (nSPS) is 9.88. The van der Waals surface area contributed by atoms with Crippen molar-refractivity contribution in [1.82, 2.24) is 0 Å². The maximum atomic E-state index is 11.3. The van der Waals surface area contributed by atoms with E-state index < -0.39 is 5.97 Å². The molecule has 4 nitrogen and oxygen atoms in total. The fourth-order valence-electron chi connectivity index (χ4n) is 1.26. The summed E-state index contributed by atoms with van der Waals surface area (Å²) in [6.07, 6.45) is -0.314. The number of benzene rings is 1. The van der Waals surface area contributed by atoms with Gasteiger partial charge in [-0.25, -0.2) is 0 Å². The van der Waals surface area contributed by atoms with Gasteiger partial charge in [0, 0.05) is 18.1 Å². The van der Waals surface area contributed by atoms with Crippen molar-refractivity contribution in [1.29, 1.82) is 0 Å². The van der Waals surface area contributed by atoms with Gasteiger partial charge in [0.2, 0.25) is 5.91 Å². The van der Waals surface area contributed by atoms with Crippen molar-refractivity contribution < 1.29 is 14.7 Å². The van der Waals surface area contributed by atoms with Crippen LogP contribution in [0.5, 0.6) is 0 Å². The first-order chi connectivity index (χ1) is 7.49. The molecule has 1 N–H and O–H groups in total. The number of carbonyl (C=O) groups is 2. The predicted molar refractivity (Wildman–Crippen MR) is 58.8 cm³/mol. The number of hydrogen-bond donors (Lipinski definition) is 1. The van der Waals surface area contributed by atoms with Gasteiger partial charge in [0.25, 0.3) is 0 Å². The molecule has 1 amide bonds. The lowest BCUT2D eigenvalue weighted by molar-refractivity contribution is -0.305. The Labute approximate surface area is 94.3 Å². The lowest BCUT2D eigenvalue weighted by Crippen LogP contribution is -2.24. The lowest BCUT2D eigenvalue weighted by atomic mass is 10.1. The van der Waals surface area contributed by atoms with Gasteiger partial charge in [-0.2, -0.15) is 0 Å². The van der Waals surface area contributed by atoms with Gasteiger partial charge in [-0.15, -0.1) is 0 Å². The van der Waals surface area contributed by atoms with Gasteiger partial charge < -0.3 is 15.2 Å². The van der Waals surface area contributed by atoms with E-state index in [0.29, 0.717) is 5.69 Å². The van der Waals surface area contributed by atoms with E-state index in [-0.39, 0.29) is 18.7 Å². The Balaban J connectivity index is 2.56. The average molecular weight is 220 g/mol. The summed E-state index contributed by atoms with van der Waals surface area (Å²) in [7, 11) is 0. The van der Waals surface area contributed by atoms with E-state index in [1.807, 2.05) is 26.0 Å². The van der Waals surface area contributed by atoms with E-state index in [1.54, 1.807) is 6.07 Å². The zero-order valence-electron chi connectivity index (χ0n) is 9.37. The second-order valence-electron chi connectivity index (χ2n) is 3.72. The van der Waals surface area contributed by atoms with Gasteiger partial charge in [-0.3, -0.25) is 4.79 Å². The Morgan fingerprint density at radius 2 is 1.88 bits per heavy atom. The third-order valence-corrected chi connectivity index (χ3v) is 2.35. The Bertz CT molecular complexity index is 413. The molecule has 1 aromatic rings. The Kier molecular flexibility index (Phi) is 4.05. The number of anilines is 1. The number of carbonyl (C=O) groups excluding carboxylic acids is 2. The summed E-state index contributed by atoms with van der Waals surface area (Å²) in [5.74, 6) is -1.53. The topological polar surface area (TPSA) is 69.2 Å². The van der Waals surface area contributed by atoms with Crippen LogP contribution in [0.15, 0.2) is 18.2 Å². The highest BCUT2D eigenvalue weighted by Gasteiger charge is 2.03. The molecule has 0 aliphatic carbocycles. The molecule has 1 rings (SSSR count). The smallest absolute Gasteiger partial charge is 0.224 e. The second-order valence-corrected chi connectivity index (χ2v) is 3.72. The minimum Gasteiger partial charge on any atom is -0.550 e. The molecule has 0 fully saturated rings. The highest BCUT2D eigenvalue weighted by atomic mass is 16.4. The van der Waals surface area contributed by atoms with Crippen LogP contribution in [0.25, 0.3) is 0 Å². The molecular formula is C12H14NO3-. The van der Waals surface area contributed by atoms with Crippen molar-refractivity contribution in [3.05, 3.63) is 29.3 Å². The van der Waals surface area contributed by atoms with Crippen molar-refractivity contribution >= 4 is 17.6 Å². The Morgan fingerprint density at radius 1 is 1.19 bits per heavy atom. The van der Waals surface area contributed by atoms with Gasteiger partial charge in [-0.1, -0.05) is 6.07 Å². The van der Waals surface area contributed by atoms with E-state index in [1.165, 1.54) is 0 Å². The third kappa shape index (κ3) is 3.73. The van der Waals surface area contributed by atoms with Crippen molar-refractivity contribution in [2.45, 2.75) is 26.7 Å². The summed E-state index contributed by atoms with van der Waals surface area (Å²) in [6, 6.07) is 5.55. The van der Waals surface area contributed by atoms with Crippen LogP contribution in [0, 0.1) is 13.8 Å². The Morgan fingerprint density at radius 3 is 2.44 bits per heavy atom. The first-order valence-electron chi connectivity index (χ1n) is 5.06. The molecule has 4 heteroatoms. The molecule has 0 bridgehead atoms. The van der Waals surface area contributed by atoms with E-state index in [0.717, 1.165) is 11.1 Å². The van der Waals surface area contributed by atoms with Gasteiger partial charge in [-0.05, 0) is 43.5 Å². The summed E-state index contributed by atoms with van der Waals surface area (Å²) in [5.41, 5.74) is 2.91. The monoisotopic (exact) mass is 220 g/mol. The summed E-state index contributed by atoms with van der Waals surface area (Å²) in [5, 5.41) is 12.8. The zero-order valence-corrected chi connectivity index (χ0v) is 9.37. The molecule has 0 radical (unpaired) electrons. The fourth-order valence-corrected chi connectivity index (χ4v) is 1.26. The van der Waals surface area contributed by atoms with Gasteiger partial charge in [0.1, 0.15) is 0 Å². The number of aryl methyl sites for hydroxylation is 2. The number of amides is 1. The fraction of sp³-hybridized carbons (Fsp3) is 0.333. The molecule has 0 heterocycles. The minimum atomic E-state index is -1.21. The van der Waals surface area contributed by atoms with Crippen molar-refractivity contribution in [3.8, 4) is 0 Å². The number of aliphatic carboxylic acids is 1. The van der Waals surface area contributed by atoms with Crippen LogP contribution in [0.1, 0.15) is 24.0 Å². The maximum Gasteiger partial charge on any atom is 0.224 e. The maximum absolute atomic E-state index is 11.3. The van der Waals surface area contributed by atoms with Crippen LogP contribution in [-0.4, -0.2) is 11.9 Å². The van der Waals surface area contributed by atoms with Crippen LogP contribution < -0.4 is 10.4 Å². The van der Waals surface area contributed by atoms with E-state index in [4.69, 9.17) is 0 Å². The SMILES string of the molecule is Cc1ccc(NC(=O)CCC(=O)[O-])cc1C. The van der Waals surface area contributed by atoms with Crippen LogP contribution in [0.2, 0.25) is 0 Å². The molecular weight excluding hydrogens is 206 g/mol. The summed E-state index contributed by atoms with van der Waals surface area (Å²) in [4.78, 5) is 21.5. The predicted octanol–water partition coefficient (Wildman–Crippen LogP) is 0.772. The van der Waals surface area contributed by atoms with Gasteiger partial charge >= 0.3 is 0 Å². The summed E-state index contributed by atoms with van der Waals surface area (Å²) >= 11 is 0. The highest BCUT2D eigenvalue weighted by Crippen LogP contribution is 2.14. The molecule has 0 saturated carbocycles. The number of hydrogen-bond acceptors (Lipinski definition) is 3. The zero-order chi connectivity index (χ0) is 12.1. The molecule has 86 valence electrons. The van der Waals surface area contributed by atoms with Crippen molar-refractivity contribution in [2.24, 2.45) is 0 Å². The van der Waals surface area contributed by atoms with E-state index in [9.17, 15) is 14.7 Å². The van der Waals surface area contributed by atoms with Crippen LogP contribution in [0.3, 0.4) is 0 Å². The Hall–Kier alpha value is -1.84. The molecule has 0 atom stereocenters. The first-order valence-corrected chi connectivity index (χ1v) is 5.06. The number of rotatable bonds is 4. The van der Waals surface area contributed by atoms with Gasteiger partial charge in [0.15, 0.2) is 0 Å². The van der Waals surface area contributed by atoms with E-state index in [2.05, 4.69) is 5.32 Å². The molecule has 0 aliphatic rings. The second kappa shape index (κ2) is 5.30. The van der Waals surface area contributed by atoms with Crippen molar-refractivity contribution in [2.75, 3.05) is 5.32 Å². The van der Waals surface area contributed by atoms with Crippen LogP contribution in [0.4, 0.5) is 5.69 Å². The van der Waals surface area contributed by atoms with Crippen LogP contribution >= 0.6 is 0 Å². The first kappa shape index (κ1) is 12.2. The standard InChI is InChI=1S/C12H15NO3/c1-8-3-4-10(7-9(8)2)13-11(14)5-6-12(15)16/h3-4,7H,5-6H2,1-2H3,(H,13,14)(H,15,16)/p-1.